The summed E-state index contributed by atoms with van der Waals surface area (Å²) in [5, 5.41) is 9.63. The summed E-state index contributed by atoms with van der Waals surface area (Å²) < 4.78 is 10.6. The Morgan fingerprint density at radius 3 is 2.58 bits per heavy atom. The second-order valence-electron chi connectivity index (χ2n) is 7.11. The number of piperidine rings is 1. The van der Waals surface area contributed by atoms with E-state index in [-0.39, 0.29) is 0 Å². The zero-order valence-electron chi connectivity index (χ0n) is 15.1. The Hall–Kier alpha value is -1.95. The van der Waals surface area contributed by atoms with Gasteiger partial charge >= 0.3 is 6.09 Å². The summed E-state index contributed by atoms with van der Waals surface area (Å²) in [6.07, 6.45) is 1.86. The first kappa shape index (κ1) is 18.4. The molecular weight excluding hydrogens is 306 g/mol. The SMILES string of the molecule is COc1ccc(NC(=O)OC(C)(C)C)c(NCC2CCNCC2)c1. The second-order valence-corrected chi connectivity index (χ2v) is 7.11. The quantitative estimate of drug-likeness (QED) is 0.769. The van der Waals surface area contributed by atoms with Crippen molar-refractivity contribution in [2.75, 3.05) is 37.4 Å². The van der Waals surface area contributed by atoms with E-state index >= 15 is 0 Å². The van der Waals surface area contributed by atoms with E-state index in [2.05, 4.69) is 16.0 Å². The van der Waals surface area contributed by atoms with Gasteiger partial charge in [-0.1, -0.05) is 0 Å². The molecule has 0 spiro atoms. The number of ether oxygens (including phenoxy) is 2. The highest BCUT2D eigenvalue weighted by molar-refractivity contribution is 5.90. The van der Waals surface area contributed by atoms with Crippen LogP contribution in [0.3, 0.4) is 0 Å². The monoisotopic (exact) mass is 335 g/mol. The summed E-state index contributed by atoms with van der Waals surface area (Å²) in [5.74, 6) is 1.38. The minimum absolute atomic E-state index is 0.461. The van der Waals surface area contributed by atoms with E-state index in [4.69, 9.17) is 9.47 Å². The Labute approximate surface area is 144 Å². The predicted octanol–water partition coefficient (Wildman–Crippen LogP) is 3.45. The van der Waals surface area contributed by atoms with Gasteiger partial charge in [-0.2, -0.15) is 0 Å². The zero-order valence-corrected chi connectivity index (χ0v) is 15.1. The lowest BCUT2D eigenvalue weighted by Gasteiger charge is -2.24. The number of hydrogen-bond donors (Lipinski definition) is 3. The van der Waals surface area contributed by atoms with Gasteiger partial charge in [0.05, 0.1) is 18.5 Å². The lowest BCUT2D eigenvalue weighted by atomic mass is 9.98. The smallest absolute Gasteiger partial charge is 0.412 e. The molecule has 1 aliphatic rings. The fourth-order valence-electron chi connectivity index (χ4n) is 2.66. The van der Waals surface area contributed by atoms with Crippen LogP contribution in [0.4, 0.5) is 16.2 Å². The molecule has 1 heterocycles. The number of hydrogen-bond acceptors (Lipinski definition) is 5. The fraction of sp³-hybridized carbons (Fsp3) is 0.611. The third-order valence-electron chi connectivity index (χ3n) is 3.90. The molecule has 0 aromatic heterocycles. The van der Waals surface area contributed by atoms with Gasteiger partial charge < -0.3 is 20.1 Å². The van der Waals surface area contributed by atoms with E-state index in [0.29, 0.717) is 11.6 Å². The van der Waals surface area contributed by atoms with Crippen molar-refractivity contribution in [3.05, 3.63) is 18.2 Å². The first-order chi connectivity index (χ1) is 11.4. The molecule has 6 heteroatoms. The standard InChI is InChI=1S/C18H29N3O3/c1-18(2,3)24-17(22)21-15-6-5-14(23-4)11-16(15)20-12-13-7-9-19-10-8-13/h5-6,11,13,19-20H,7-10,12H2,1-4H3,(H,21,22). The van der Waals surface area contributed by atoms with Crippen LogP contribution in [0.15, 0.2) is 18.2 Å². The van der Waals surface area contributed by atoms with Crippen molar-refractivity contribution in [3.63, 3.8) is 0 Å². The lowest BCUT2D eigenvalue weighted by molar-refractivity contribution is 0.0636. The van der Waals surface area contributed by atoms with E-state index in [1.807, 2.05) is 39.0 Å². The molecule has 1 fully saturated rings. The average molecular weight is 335 g/mol. The Bertz CT molecular complexity index is 549. The van der Waals surface area contributed by atoms with Crippen molar-refractivity contribution < 1.29 is 14.3 Å². The molecular formula is C18H29N3O3. The van der Waals surface area contributed by atoms with Crippen molar-refractivity contribution in [3.8, 4) is 5.75 Å². The number of methoxy groups -OCH3 is 1. The lowest BCUT2D eigenvalue weighted by Crippen LogP contribution is -2.31. The minimum atomic E-state index is -0.529. The average Bonchev–Trinajstić information content (AvgIpc) is 2.53. The van der Waals surface area contributed by atoms with Gasteiger partial charge in [-0.25, -0.2) is 4.79 Å². The zero-order chi connectivity index (χ0) is 17.6. The van der Waals surface area contributed by atoms with E-state index in [0.717, 1.165) is 43.9 Å². The summed E-state index contributed by atoms with van der Waals surface area (Å²) in [6, 6.07) is 5.55. The van der Waals surface area contributed by atoms with Crippen LogP contribution in [0.1, 0.15) is 33.6 Å². The van der Waals surface area contributed by atoms with Crippen molar-refractivity contribution >= 4 is 17.5 Å². The van der Waals surface area contributed by atoms with Crippen LogP contribution < -0.4 is 20.7 Å². The maximum atomic E-state index is 12.0. The molecule has 0 saturated carbocycles. The molecule has 2 rings (SSSR count). The molecule has 1 amide bonds. The number of nitrogens with one attached hydrogen (secondary N) is 3. The topological polar surface area (TPSA) is 71.6 Å². The molecule has 0 radical (unpaired) electrons. The van der Waals surface area contributed by atoms with E-state index in [1.165, 1.54) is 0 Å². The highest BCUT2D eigenvalue weighted by Crippen LogP contribution is 2.28. The Morgan fingerprint density at radius 2 is 1.96 bits per heavy atom. The largest absolute Gasteiger partial charge is 0.497 e. The predicted molar refractivity (Wildman–Crippen MR) is 96.9 cm³/mol. The minimum Gasteiger partial charge on any atom is -0.497 e. The Morgan fingerprint density at radius 1 is 1.25 bits per heavy atom. The van der Waals surface area contributed by atoms with Gasteiger partial charge in [-0.15, -0.1) is 0 Å². The molecule has 0 aliphatic carbocycles. The number of carbonyl (C=O) groups excluding carboxylic acids is 1. The summed E-state index contributed by atoms with van der Waals surface area (Å²) in [7, 11) is 1.63. The third kappa shape index (κ3) is 5.92. The summed E-state index contributed by atoms with van der Waals surface area (Å²) in [5.41, 5.74) is 1.01. The van der Waals surface area contributed by atoms with Crippen molar-refractivity contribution in [1.82, 2.24) is 5.32 Å². The molecule has 24 heavy (non-hydrogen) atoms. The van der Waals surface area contributed by atoms with Gasteiger partial charge in [0.15, 0.2) is 0 Å². The molecule has 1 saturated heterocycles. The van der Waals surface area contributed by atoms with Crippen LogP contribution in [-0.2, 0) is 4.74 Å². The molecule has 1 aromatic rings. The van der Waals surface area contributed by atoms with Gasteiger partial charge in [-0.3, -0.25) is 5.32 Å². The number of anilines is 2. The number of carbonyl (C=O) groups is 1. The van der Waals surface area contributed by atoms with Crippen molar-refractivity contribution in [2.24, 2.45) is 5.92 Å². The molecule has 0 bridgehead atoms. The van der Waals surface area contributed by atoms with Gasteiger partial charge in [0.1, 0.15) is 11.4 Å². The van der Waals surface area contributed by atoms with E-state index in [1.54, 1.807) is 7.11 Å². The highest BCUT2D eigenvalue weighted by atomic mass is 16.6. The number of rotatable bonds is 5. The molecule has 1 aliphatic heterocycles. The molecule has 0 unspecified atom stereocenters. The Kier molecular flexibility index (Phi) is 6.31. The van der Waals surface area contributed by atoms with E-state index in [9.17, 15) is 4.79 Å². The first-order valence-corrected chi connectivity index (χ1v) is 8.50. The normalized spacial score (nSPS) is 15.7. The number of benzene rings is 1. The maximum absolute atomic E-state index is 12.0. The molecule has 3 N–H and O–H groups in total. The van der Waals surface area contributed by atoms with Crippen LogP contribution in [-0.4, -0.2) is 38.4 Å². The first-order valence-electron chi connectivity index (χ1n) is 8.50. The van der Waals surface area contributed by atoms with Gasteiger partial charge in [0, 0.05) is 12.6 Å². The fourth-order valence-corrected chi connectivity index (χ4v) is 2.66. The van der Waals surface area contributed by atoms with Crippen LogP contribution in [0.2, 0.25) is 0 Å². The third-order valence-corrected chi connectivity index (χ3v) is 3.90. The Balaban J connectivity index is 2.04. The van der Waals surface area contributed by atoms with Gasteiger partial charge in [0.2, 0.25) is 0 Å². The van der Waals surface area contributed by atoms with Crippen molar-refractivity contribution in [1.29, 1.82) is 0 Å². The molecule has 0 atom stereocenters. The van der Waals surface area contributed by atoms with Crippen LogP contribution in [0.5, 0.6) is 5.75 Å². The van der Waals surface area contributed by atoms with Crippen LogP contribution in [0.25, 0.3) is 0 Å². The van der Waals surface area contributed by atoms with Gasteiger partial charge in [-0.05, 0) is 64.8 Å². The van der Waals surface area contributed by atoms with Crippen LogP contribution >= 0.6 is 0 Å². The summed E-state index contributed by atoms with van der Waals surface area (Å²) >= 11 is 0. The second kappa shape index (κ2) is 8.24. The van der Waals surface area contributed by atoms with Crippen molar-refractivity contribution in [2.45, 2.75) is 39.2 Å². The molecule has 1 aromatic carbocycles. The maximum Gasteiger partial charge on any atom is 0.412 e. The molecule has 6 nitrogen and oxygen atoms in total. The summed E-state index contributed by atoms with van der Waals surface area (Å²) in [4.78, 5) is 12.0. The van der Waals surface area contributed by atoms with Gasteiger partial charge in [0.25, 0.3) is 0 Å². The number of amides is 1. The van der Waals surface area contributed by atoms with Crippen LogP contribution in [0, 0.1) is 5.92 Å². The molecule has 134 valence electrons. The highest BCUT2D eigenvalue weighted by Gasteiger charge is 2.18. The van der Waals surface area contributed by atoms with E-state index < -0.39 is 11.7 Å². The summed E-state index contributed by atoms with van der Waals surface area (Å²) in [6.45, 7) is 8.53.